The second-order valence-electron chi connectivity index (χ2n) is 3.77. The summed E-state index contributed by atoms with van der Waals surface area (Å²) in [6.07, 6.45) is -3.87. The van der Waals surface area contributed by atoms with Gasteiger partial charge >= 0.3 is 6.18 Å². The second-order valence-corrected chi connectivity index (χ2v) is 5.27. The Bertz CT molecular complexity index is 464. The molecular formula is C11H9F3INO2. The number of hydrogen-bond acceptors (Lipinski definition) is 2. The summed E-state index contributed by atoms with van der Waals surface area (Å²) < 4.78 is 37.4. The van der Waals surface area contributed by atoms with Gasteiger partial charge in [-0.15, -0.1) is 0 Å². The predicted octanol–water partition coefficient (Wildman–Crippen LogP) is 3.18. The Morgan fingerprint density at radius 1 is 1.39 bits per heavy atom. The first-order valence-electron chi connectivity index (χ1n) is 5.18. The van der Waals surface area contributed by atoms with Gasteiger partial charge in [-0.05, 0) is 24.6 Å². The molecule has 1 aromatic carbocycles. The zero-order valence-electron chi connectivity index (χ0n) is 9.08. The molecule has 1 amide bonds. The van der Waals surface area contributed by atoms with Crippen LogP contribution >= 0.6 is 22.6 Å². The number of carbonyl (C=O) groups is 1. The number of hydrogen-bond donors (Lipinski definition) is 0. The highest BCUT2D eigenvalue weighted by atomic mass is 127. The lowest BCUT2D eigenvalue weighted by Crippen LogP contribution is -2.42. The number of alkyl halides is 4. The van der Waals surface area contributed by atoms with Crippen LogP contribution in [-0.2, 0) is 15.8 Å². The summed E-state index contributed by atoms with van der Waals surface area (Å²) in [5, 5.41) is 0.940. The highest BCUT2D eigenvalue weighted by molar-refractivity contribution is 14.1. The molecule has 1 aromatic rings. The van der Waals surface area contributed by atoms with Gasteiger partial charge in [-0.3, -0.25) is 9.63 Å². The number of carbonyl (C=O) groups excluding carboxylic acids is 1. The summed E-state index contributed by atoms with van der Waals surface area (Å²) >= 11 is 1.96. The van der Waals surface area contributed by atoms with E-state index in [1.54, 1.807) is 0 Å². The molecule has 0 aromatic heterocycles. The molecule has 1 aliphatic rings. The van der Waals surface area contributed by atoms with Crippen LogP contribution in [0.4, 0.5) is 18.9 Å². The Kier molecular flexibility index (Phi) is 3.81. The smallest absolute Gasteiger partial charge is 0.271 e. The Balaban J connectivity index is 2.31. The first kappa shape index (κ1) is 13.6. The molecule has 1 fully saturated rings. The van der Waals surface area contributed by atoms with Crippen molar-refractivity contribution in [3.8, 4) is 0 Å². The maximum atomic E-state index is 12.6. The van der Waals surface area contributed by atoms with Gasteiger partial charge in [-0.2, -0.15) is 18.2 Å². The van der Waals surface area contributed by atoms with Crippen molar-refractivity contribution in [2.24, 2.45) is 0 Å². The normalized spacial score (nSPS) is 21.2. The van der Waals surface area contributed by atoms with E-state index >= 15 is 0 Å². The van der Waals surface area contributed by atoms with Crippen LogP contribution in [0.3, 0.4) is 0 Å². The Hall–Kier alpha value is -0.830. The van der Waals surface area contributed by atoms with Crippen molar-refractivity contribution < 1.29 is 22.8 Å². The summed E-state index contributed by atoms with van der Waals surface area (Å²) in [6.45, 7) is 0.315. The summed E-state index contributed by atoms with van der Waals surface area (Å²) in [7, 11) is 0. The fourth-order valence-corrected chi connectivity index (χ4v) is 2.08. The summed E-state index contributed by atoms with van der Waals surface area (Å²) in [6, 6.07) is 4.54. The maximum absolute atomic E-state index is 12.6. The molecular weight excluding hydrogens is 362 g/mol. The van der Waals surface area contributed by atoms with E-state index in [4.69, 9.17) is 4.84 Å². The van der Waals surface area contributed by atoms with Crippen LogP contribution in [0, 0.1) is 0 Å². The van der Waals surface area contributed by atoms with Crippen LogP contribution in [0.5, 0.6) is 0 Å². The van der Waals surface area contributed by atoms with Crippen molar-refractivity contribution >= 4 is 34.2 Å². The van der Waals surface area contributed by atoms with Gasteiger partial charge in [0.1, 0.15) is 0 Å². The lowest BCUT2D eigenvalue weighted by atomic mass is 10.2. The summed E-state index contributed by atoms with van der Waals surface area (Å²) in [4.78, 5) is 16.9. The Morgan fingerprint density at radius 2 is 2.11 bits per heavy atom. The topological polar surface area (TPSA) is 29.5 Å². The molecule has 7 heteroatoms. The third-order valence-electron chi connectivity index (χ3n) is 2.47. The van der Waals surface area contributed by atoms with Crippen LogP contribution < -0.4 is 5.06 Å². The van der Waals surface area contributed by atoms with Gasteiger partial charge in [0.05, 0.1) is 21.8 Å². The molecule has 98 valence electrons. The minimum absolute atomic E-state index is 0.108. The molecule has 0 N–H and O–H groups in total. The van der Waals surface area contributed by atoms with Crippen molar-refractivity contribution in [1.29, 1.82) is 0 Å². The van der Waals surface area contributed by atoms with Crippen molar-refractivity contribution in [1.82, 2.24) is 0 Å². The molecule has 0 aliphatic carbocycles. The molecule has 2 rings (SSSR count). The molecule has 1 saturated heterocycles. The molecule has 1 aliphatic heterocycles. The summed E-state index contributed by atoms with van der Waals surface area (Å²) in [5.41, 5.74) is -0.692. The van der Waals surface area contributed by atoms with Crippen molar-refractivity contribution in [3.63, 3.8) is 0 Å². The molecule has 1 unspecified atom stereocenters. The minimum Gasteiger partial charge on any atom is -0.271 e. The highest BCUT2D eigenvalue weighted by Gasteiger charge is 2.33. The van der Waals surface area contributed by atoms with Gasteiger partial charge in [0.2, 0.25) is 0 Å². The number of rotatable bonds is 1. The third-order valence-corrected chi connectivity index (χ3v) is 3.62. The van der Waals surface area contributed by atoms with E-state index < -0.39 is 11.7 Å². The van der Waals surface area contributed by atoms with Crippen molar-refractivity contribution in [3.05, 3.63) is 29.8 Å². The fourth-order valence-electron chi connectivity index (χ4n) is 1.57. The molecule has 0 spiro atoms. The lowest BCUT2D eigenvalue weighted by molar-refractivity contribution is -0.138. The largest absolute Gasteiger partial charge is 0.416 e. The SMILES string of the molecule is O=C1C(I)CCON1c1cccc(C(F)(F)F)c1. The first-order valence-corrected chi connectivity index (χ1v) is 6.42. The van der Waals surface area contributed by atoms with Gasteiger partial charge in [-0.25, -0.2) is 0 Å². The monoisotopic (exact) mass is 371 g/mol. The van der Waals surface area contributed by atoms with E-state index in [-0.39, 0.29) is 15.5 Å². The Labute approximate surface area is 115 Å². The third kappa shape index (κ3) is 2.77. The minimum atomic E-state index is -4.43. The molecule has 0 saturated carbocycles. The quantitative estimate of drug-likeness (QED) is 0.561. The number of nitrogens with zero attached hydrogens (tertiary/aromatic N) is 1. The van der Waals surface area contributed by atoms with E-state index in [1.807, 2.05) is 22.6 Å². The van der Waals surface area contributed by atoms with E-state index in [0.29, 0.717) is 13.0 Å². The fraction of sp³-hybridized carbons (Fsp3) is 0.364. The number of anilines is 1. The summed E-state index contributed by atoms with van der Waals surface area (Å²) in [5.74, 6) is -0.332. The van der Waals surface area contributed by atoms with E-state index in [0.717, 1.165) is 17.2 Å². The molecule has 0 bridgehead atoms. The van der Waals surface area contributed by atoms with E-state index in [2.05, 4.69) is 0 Å². The average molecular weight is 371 g/mol. The van der Waals surface area contributed by atoms with Crippen LogP contribution in [0.1, 0.15) is 12.0 Å². The van der Waals surface area contributed by atoms with Crippen LogP contribution in [0.25, 0.3) is 0 Å². The van der Waals surface area contributed by atoms with Gasteiger partial charge in [-0.1, -0.05) is 28.7 Å². The average Bonchev–Trinajstić information content (AvgIpc) is 2.32. The standard InChI is InChI=1S/C11H9F3INO2/c12-11(13,14)7-2-1-3-8(6-7)16-10(17)9(15)4-5-18-16/h1-3,6,9H,4-5H2. The van der Waals surface area contributed by atoms with Crippen molar-refractivity contribution in [2.75, 3.05) is 11.7 Å². The van der Waals surface area contributed by atoms with Crippen LogP contribution in [0.15, 0.2) is 24.3 Å². The second kappa shape index (κ2) is 5.04. The Morgan fingerprint density at radius 3 is 2.78 bits per heavy atom. The van der Waals surface area contributed by atoms with Gasteiger partial charge in [0.25, 0.3) is 5.91 Å². The lowest BCUT2D eigenvalue weighted by Gasteiger charge is -2.29. The molecule has 0 radical (unpaired) electrons. The zero-order valence-corrected chi connectivity index (χ0v) is 11.2. The first-order chi connectivity index (χ1) is 8.39. The maximum Gasteiger partial charge on any atom is 0.416 e. The molecule has 18 heavy (non-hydrogen) atoms. The van der Waals surface area contributed by atoms with E-state index in [9.17, 15) is 18.0 Å². The van der Waals surface area contributed by atoms with Crippen LogP contribution in [0.2, 0.25) is 0 Å². The highest BCUT2D eigenvalue weighted by Crippen LogP contribution is 2.32. The number of benzene rings is 1. The number of halogens is 4. The van der Waals surface area contributed by atoms with Gasteiger partial charge < -0.3 is 0 Å². The number of amides is 1. The molecule has 1 atom stereocenters. The van der Waals surface area contributed by atoms with Gasteiger partial charge in [0.15, 0.2) is 0 Å². The predicted molar refractivity (Wildman–Crippen MR) is 67.3 cm³/mol. The van der Waals surface area contributed by atoms with Gasteiger partial charge in [0, 0.05) is 0 Å². The zero-order chi connectivity index (χ0) is 13.3. The van der Waals surface area contributed by atoms with Crippen molar-refractivity contribution in [2.45, 2.75) is 16.5 Å². The number of hydroxylamine groups is 1. The van der Waals surface area contributed by atoms with Crippen LogP contribution in [-0.4, -0.2) is 16.4 Å². The van der Waals surface area contributed by atoms with E-state index in [1.165, 1.54) is 12.1 Å². The molecule has 3 nitrogen and oxygen atoms in total. The molecule has 1 heterocycles.